The summed E-state index contributed by atoms with van der Waals surface area (Å²) in [6.07, 6.45) is 5.07. The third-order valence-electron chi connectivity index (χ3n) is 4.73. The molecule has 3 rings (SSSR count). The molecule has 0 bridgehead atoms. The van der Waals surface area contributed by atoms with Crippen molar-refractivity contribution in [2.24, 2.45) is 0 Å². The molecule has 0 aliphatic carbocycles. The minimum Gasteiger partial charge on any atom is -0.359 e. The standard InChI is InChI=1S/C17H24N2S/c1-14-11-16(18-9-5-6-10-18)12-17(20)19(14)13-15-7-3-2-4-8-15/h2-4,7-8,14,16H,5-6,9-13H2,1H3/t14-,16-/m0/s1. The van der Waals surface area contributed by atoms with Gasteiger partial charge in [0.1, 0.15) is 0 Å². The molecule has 2 atom stereocenters. The smallest absolute Gasteiger partial charge is 0.0800 e. The maximum atomic E-state index is 5.72. The van der Waals surface area contributed by atoms with E-state index in [9.17, 15) is 0 Å². The number of piperidine rings is 1. The van der Waals surface area contributed by atoms with Crippen molar-refractivity contribution in [2.75, 3.05) is 13.1 Å². The third-order valence-corrected chi connectivity index (χ3v) is 5.13. The van der Waals surface area contributed by atoms with E-state index in [1.54, 1.807) is 0 Å². The molecule has 0 radical (unpaired) electrons. The number of thiocarbonyl (C=S) groups is 1. The Morgan fingerprint density at radius 1 is 1.15 bits per heavy atom. The summed E-state index contributed by atoms with van der Waals surface area (Å²) in [7, 11) is 0. The Bertz CT molecular complexity index is 453. The van der Waals surface area contributed by atoms with Crippen molar-refractivity contribution in [3.05, 3.63) is 35.9 Å². The quantitative estimate of drug-likeness (QED) is 0.787. The van der Waals surface area contributed by atoms with Gasteiger partial charge in [0.05, 0.1) is 4.99 Å². The highest BCUT2D eigenvalue weighted by atomic mass is 32.1. The monoisotopic (exact) mass is 288 g/mol. The first-order valence-electron chi connectivity index (χ1n) is 7.81. The molecule has 2 saturated heterocycles. The Balaban J connectivity index is 1.64. The molecule has 2 nitrogen and oxygen atoms in total. The Kier molecular flexibility index (Phi) is 4.37. The number of hydrogen-bond donors (Lipinski definition) is 0. The fourth-order valence-electron chi connectivity index (χ4n) is 3.58. The van der Waals surface area contributed by atoms with Crippen molar-refractivity contribution in [1.29, 1.82) is 0 Å². The number of likely N-dealkylation sites (tertiary alicyclic amines) is 2. The molecular formula is C17H24N2S. The van der Waals surface area contributed by atoms with Gasteiger partial charge in [0.2, 0.25) is 0 Å². The van der Waals surface area contributed by atoms with Crippen LogP contribution in [-0.4, -0.2) is 40.0 Å². The lowest BCUT2D eigenvalue weighted by atomic mass is 9.96. The highest BCUT2D eigenvalue weighted by molar-refractivity contribution is 7.80. The molecular weight excluding hydrogens is 264 g/mol. The van der Waals surface area contributed by atoms with Gasteiger partial charge in [0, 0.05) is 25.0 Å². The second-order valence-corrected chi connectivity index (χ2v) is 6.66. The first-order chi connectivity index (χ1) is 9.74. The summed E-state index contributed by atoms with van der Waals surface area (Å²) in [5.41, 5.74) is 1.36. The molecule has 20 heavy (non-hydrogen) atoms. The fourth-order valence-corrected chi connectivity index (χ4v) is 4.01. The predicted molar refractivity (Wildman–Crippen MR) is 87.9 cm³/mol. The van der Waals surface area contributed by atoms with Gasteiger partial charge in [-0.25, -0.2) is 0 Å². The molecule has 3 heteroatoms. The lowest BCUT2D eigenvalue weighted by molar-refractivity contribution is 0.161. The first-order valence-corrected chi connectivity index (χ1v) is 8.22. The summed E-state index contributed by atoms with van der Waals surface area (Å²) in [5.74, 6) is 0. The Morgan fingerprint density at radius 3 is 2.50 bits per heavy atom. The van der Waals surface area contributed by atoms with Crippen molar-refractivity contribution in [2.45, 2.75) is 51.2 Å². The number of rotatable bonds is 3. The van der Waals surface area contributed by atoms with E-state index in [0.29, 0.717) is 12.1 Å². The van der Waals surface area contributed by atoms with Crippen LogP contribution in [0.15, 0.2) is 30.3 Å². The highest BCUT2D eigenvalue weighted by Crippen LogP contribution is 2.27. The van der Waals surface area contributed by atoms with Crippen molar-refractivity contribution < 1.29 is 0 Å². The largest absolute Gasteiger partial charge is 0.359 e. The second kappa shape index (κ2) is 6.23. The minimum atomic E-state index is 0.557. The molecule has 0 spiro atoms. The summed E-state index contributed by atoms with van der Waals surface area (Å²) < 4.78 is 0. The third kappa shape index (κ3) is 3.04. The second-order valence-electron chi connectivity index (χ2n) is 6.19. The van der Waals surface area contributed by atoms with E-state index < -0.39 is 0 Å². The van der Waals surface area contributed by atoms with Crippen LogP contribution < -0.4 is 0 Å². The Morgan fingerprint density at radius 2 is 1.85 bits per heavy atom. The van der Waals surface area contributed by atoms with Crippen LogP contribution in [0.1, 0.15) is 38.2 Å². The van der Waals surface area contributed by atoms with Gasteiger partial charge in [-0.1, -0.05) is 42.5 Å². The van der Waals surface area contributed by atoms with Crippen LogP contribution >= 0.6 is 12.2 Å². The van der Waals surface area contributed by atoms with Crippen LogP contribution in [0, 0.1) is 0 Å². The molecule has 0 N–H and O–H groups in total. The molecule has 1 aromatic carbocycles. The predicted octanol–water partition coefficient (Wildman–Crippen LogP) is 3.46. The topological polar surface area (TPSA) is 6.48 Å². The number of nitrogens with zero attached hydrogens (tertiary/aromatic N) is 2. The SMILES string of the molecule is C[C@H]1C[C@H](N2CCCC2)CC(=S)N1Cc1ccccc1. The first kappa shape index (κ1) is 14.0. The van der Waals surface area contributed by atoms with Crippen LogP contribution in [0.2, 0.25) is 0 Å². The van der Waals surface area contributed by atoms with Gasteiger partial charge in [0.15, 0.2) is 0 Å². The average molecular weight is 288 g/mol. The minimum absolute atomic E-state index is 0.557. The van der Waals surface area contributed by atoms with Crippen molar-refractivity contribution >= 4 is 17.2 Å². The molecule has 0 unspecified atom stereocenters. The van der Waals surface area contributed by atoms with E-state index in [1.807, 2.05) is 0 Å². The van der Waals surface area contributed by atoms with Gasteiger partial charge in [-0.05, 0) is 44.8 Å². The number of benzene rings is 1. The Hall–Kier alpha value is -0.930. The van der Waals surface area contributed by atoms with Crippen LogP contribution in [0.4, 0.5) is 0 Å². The molecule has 0 aromatic heterocycles. The molecule has 108 valence electrons. The molecule has 0 saturated carbocycles. The zero-order valence-electron chi connectivity index (χ0n) is 12.3. The summed E-state index contributed by atoms with van der Waals surface area (Å²) in [5, 5.41) is 0. The summed E-state index contributed by atoms with van der Waals surface area (Å²) >= 11 is 5.72. The lowest BCUT2D eigenvalue weighted by Gasteiger charge is -2.42. The van der Waals surface area contributed by atoms with E-state index in [0.717, 1.165) is 18.0 Å². The van der Waals surface area contributed by atoms with E-state index in [1.165, 1.54) is 37.9 Å². The zero-order chi connectivity index (χ0) is 13.9. The van der Waals surface area contributed by atoms with E-state index in [4.69, 9.17) is 12.2 Å². The van der Waals surface area contributed by atoms with E-state index in [2.05, 4.69) is 47.1 Å². The van der Waals surface area contributed by atoms with Gasteiger partial charge in [0.25, 0.3) is 0 Å². The molecule has 2 aliphatic rings. The summed E-state index contributed by atoms with van der Waals surface area (Å²) in [6, 6.07) is 11.9. The maximum Gasteiger partial charge on any atom is 0.0800 e. The molecule has 2 fully saturated rings. The molecule has 1 aromatic rings. The van der Waals surface area contributed by atoms with Gasteiger partial charge in [-0.15, -0.1) is 0 Å². The lowest BCUT2D eigenvalue weighted by Crippen LogP contribution is -2.50. The fraction of sp³-hybridized carbons (Fsp3) is 0.588. The molecule has 2 heterocycles. The van der Waals surface area contributed by atoms with Gasteiger partial charge >= 0.3 is 0 Å². The van der Waals surface area contributed by atoms with Crippen LogP contribution in [-0.2, 0) is 6.54 Å². The highest BCUT2D eigenvalue weighted by Gasteiger charge is 2.32. The van der Waals surface area contributed by atoms with Gasteiger partial charge < -0.3 is 4.90 Å². The summed E-state index contributed by atoms with van der Waals surface area (Å²) in [4.78, 5) is 6.24. The van der Waals surface area contributed by atoms with E-state index >= 15 is 0 Å². The van der Waals surface area contributed by atoms with Crippen LogP contribution in [0.25, 0.3) is 0 Å². The van der Waals surface area contributed by atoms with Gasteiger partial charge in [-0.3, -0.25) is 4.90 Å². The zero-order valence-corrected chi connectivity index (χ0v) is 13.1. The van der Waals surface area contributed by atoms with Crippen molar-refractivity contribution in [1.82, 2.24) is 9.80 Å². The Labute approximate surface area is 127 Å². The van der Waals surface area contributed by atoms with Crippen molar-refractivity contribution in [3.63, 3.8) is 0 Å². The van der Waals surface area contributed by atoms with Gasteiger partial charge in [-0.2, -0.15) is 0 Å². The normalized spacial score (nSPS) is 28.1. The molecule has 0 amide bonds. The van der Waals surface area contributed by atoms with E-state index in [-0.39, 0.29) is 0 Å². The molecule has 2 aliphatic heterocycles. The maximum absolute atomic E-state index is 5.72. The average Bonchev–Trinajstić information content (AvgIpc) is 2.98. The van der Waals surface area contributed by atoms with Crippen molar-refractivity contribution in [3.8, 4) is 0 Å². The van der Waals surface area contributed by atoms with Crippen LogP contribution in [0.3, 0.4) is 0 Å². The van der Waals surface area contributed by atoms with Crippen LogP contribution in [0.5, 0.6) is 0 Å². The number of hydrogen-bond acceptors (Lipinski definition) is 2. The summed E-state index contributed by atoms with van der Waals surface area (Å²) in [6.45, 7) is 5.85.